The van der Waals surface area contributed by atoms with Crippen molar-refractivity contribution in [3.8, 4) is 5.69 Å². The average molecular weight is 467 g/mol. The maximum atomic E-state index is 13.1. The Hall–Kier alpha value is -2.97. The Kier molecular flexibility index (Phi) is 6.67. The molecular formula is C25H30N4O3S. The summed E-state index contributed by atoms with van der Waals surface area (Å²) in [5.41, 5.74) is 3.08. The van der Waals surface area contributed by atoms with Crippen LogP contribution in [0, 0.1) is 19.8 Å². The zero-order chi connectivity index (χ0) is 23.6. The van der Waals surface area contributed by atoms with Gasteiger partial charge >= 0.3 is 0 Å². The van der Waals surface area contributed by atoms with Crippen LogP contribution in [0.25, 0.3) is 5.69 Å². The number of sulfonamides is 1. The van der Waals surface area contributed by atoms with Crippen LogP contribution in [0.1, 0.15) is 47.1 Å². The summed E-state index contributed by atoms with van der Waals surface area (Å²) in [4.78, 5) is 17.3. The summed E-state index contributed by atoms with van der Waals surface area (Å²) in [5.74, 6) is 1.15. The third kappa shape index (κ3) is 5.02. The summed E-state index contributed by atoms with van der Waals surface area (Å²) in [6, 6.07) is 12.7. The zero-order valence-corrected chi connectivity index (χ0v) is 20.1. The molecular weight excluding hydrogens is 436 g/mol. The molecule has 1 amide bonds. The molecule has 3 aromatic rings. The quantitative estimate of drug-likeness (QED) is 0.598. The molecule has 4 rings (SSSR count). The highest BCUT2D eigenvalue weighted by molar-refractivity contribution is 7.89. The standard InChI is InChI=1S/C25H30N4O3S/c1-18-10-13-28(14-11-18)33(31,32)23-9-4-19(2)24(16-23)25(30)27-17-21-5-7-22(8-6-21)29-15-12-26-20(29)3/h4-9,12,15-16,18H,10-11,13-14,17H2,1-3H3,(H,27,30). The van der Waals surface area contributed by atoms with E-state index in [2.05, 4.69) is 17.2 Å². The van der Waals surface area contributed by atoms with Crippen LogP contribution in [-0.2, 0) is 16.6 Å². The summed E-state index contributed by atoms with van der Waals surface area (Å²) in [6.07, 6.45) is 5.38. The largest absolute Gasteiger partial charge is 0.348 e. The highest BCUT2D eigenvalue weighted by atomic mass is 32.2. The van der Waals surface area contributed by atoms with Crippen molar-refractivity contribution in [2.24, 2.45) is 5.92 Å². The Bertz CT molecular complexity index is 1240. The van der Waals surface area contributed by atoms with Gasteiger partial charge in [-0.2, -0.15) is 4.31 Å². The molecule has 8 heteroatoms. The molecule has 0 unspecified atom stereocenters. The number of nitrogens with one attached hydrogen (secondary N) is 1. The summed E-state index contributed by atoms with van der Waals surface area (Å²) >= 11 is 0. The predicted octanol–water partition coefficient (Wildman–Crippen LogP) is 3.84. The van der Waals surface area contributed by atoms with Crippen LogP contribution in [-0.4, -0.2) is 41.3 Å². The number of nitrogens with zero attached hydrogens (tertiary/aromatic N) is 3. The molecule has 0 atom stereocenters. The predicted molar refractivity (Wildman–Crippen MR) is 128 cm³/mol. The molecule has 1 aliphatic heterocycles. The lowest BCUT2D eigenvalue weighted by Gasteiger charge is -2.29. The number of rotatable bonds is 6. The van der Waals surface area contributed by atoms with E-state index in [9.17, 15) is 13.2 Å². The monoisotopic (exact) mass is 466 g/mol. The summed E-state index contributed by atoms with van der Waals surface area (Å²) in [7, 11) is -3.61. The normalized spacial score (nSPS) is 15.5. The van der Waals surface area contributed by atoms with Gasteiger partial charge < -0.3 is 9.88 Å². The second kappa shape index (κ2) is 9.49. The summed E-state index contributed by atoms with van der Waals surface area (Å²) < 4.78 is 29.7. The van der Waals surface area contributed by atoms with Crippen LogP contribution in [0.5, 0.6) is 0 Å². The van der Waals surface area contributed by atoms with Crippen molar-refractivity contribution in [1.82, 2.24) is 19.2 Å². The van der Waals surface area contributed by atoms with Gasteiger partial charge in [0.25, 0.3) is 5.91 Å². The van der Waals surface area contributed by atoms with E-state index in [0.717, 1.165) is 35.5 Å². The molecule has 0 saturated carbocycles. The molecule has 1 aromatic heterocycles. The summed E-state index contributed by atoms with van der Waals surface area (Å²) in [6.45, 7) is 7.29. The van der Waals surface area contributed by atoms with Crippen LogP contribution >= 0.6 is 0 Å². The Morgan fingerprint density at radius 1 is 1.09 bits per heavy atom. The highest BCUT2D eigenvalue weighted by Crippen LogP contribution is 2.25. The van der Waals surface area contributed by atoms with Gasteiger partial charge in [-0.25, -0.2) is 13.4 Å². The van der Waals surface area contributed by atoms with Gasteiger partial charge in [-0.3, -0.25) is 4.79 Å². The molecule has 1 aliphatic rings. The van der Waals surface area contributed by atoms with E-state index >= 15 is 0 Å². The van der Waals surface area contributed by atoms with Crippen molar-refractivity contribution < 1.29 is 13.2 Å². The van der Waals surface area contributed by atoms with E-state index in [1.807, 2.05) is 48.9 Å². The number of aromatic nitrogens is 2. The summed E-state index contributed by atoms with van der Waals surface area (Å²) in [5, 5.41) is 2.92. The highest BCUT2D eigenvalue weighted by Gasteiger charge is 2.28. The fourth-order valence-electron chi connectivity index (χ4n) is 4.08. The van der Waals surface area contributed by atoms with E-state index < -0.39 is 10.0 Å². The second-order valence-corrected chi connectivity index (χ2v) is 10.7. The first kappa shape index (κ1) is 23.2. The van der Waals surface area contributed by atoms with Crippen molar-refractivity contribution in [2.45, 2.75) is 45.1 Å². The smallest absolute Gasteiger partial charge is 0.251 e. The Labute approximate surface area is 195 Å². The Balaban J connectivity index is 1.45. The molecule has 0 bridgehead atoms. The topological polar surface area (TPSA) is 84.3 Å². The number of amides is 1. The van der Waals surface area contributed by atoms with Gasteiger partial charge in [0, 0.05) is 43.3 Å². The molecule has 0 radical (unpaired) electrons. The minimum Gasteiger partial charge on any atom is -0.348 e. The van der Waals surface area contributed by atoms with Crippen LogP contribution in [0.3, 0.4) is 0 Å². The first-order valence-corrected chi connectivity index (χ1v) is 12.7. The number of aryl methyl sites for hydroxylation is 2. The Morgan fingerprint density at radius 3 is 2.42 bits per heavy atom. The molecule has 1 fully saturated rings. The number of benzene rings is 2. The third-order valence-corrected chi connectivity index (χ3v) is 8.22. The number of carbonyl (C=O) groups is 1. The molecule has 33 heavy (non-hydrogen) atoms. The third-order valence-electron chi connectivity index (χ3n) is 6.33. The van der Waals surface area contributed by atoms with Crippen LogP contribution < -0.4 is 5.32 Å². The minimum absolute atomic E-state index is 0.174. The van der Waals surface area contributed by atoms with E-state index in [1.165, 1.54) is 10.4 Å². The van der Waals surface area contributed by atoms with Gasteiger partial charge in [0.1, 0.15) is 5.82 Å². The van der Waals surface area contributed by atoms with E-state index in [0.29, 0.717) is 31.1 Å². The van der Waals surface area contributed by atoms with Gasteiger partial charge in [0.05, 0.1) is 4.90 Å². The first-order chi connectivity index (χ1) is 15.8. The lowest BCUT2D eigenvalue weighted by Crippen LogP contribution is -2.38. The van der Waals surface area contributed by atoms with Crippen molar-refractivity contribution >= 4 is 15.9 Å². The number of hydrogen-bond acceptors (Lipinski definition) is 4. The maximum Gasteiger partial charge on any atom is 0.251 e. The first-order valence-electron chi connectivity index (χ1n) is 11.2. The molecule has 0 spiro atoms. The van der Waals surface area contributed by atoms with E-state index in [4.69, 9.17) is 0 Å². The molecule has 174 valence electrons. The maximum absolute atomic E-state index is 13.1. The molecule has 2 aromatic carbocycles. The average Bonchev–Trinajstić information content (AvgIpc) is 3.24. The fraction of sp³-hybridized carbons (Fsp3) is 0.360. The van der Waals surface area contributed by atoms with Gasteiger partial charge in [0.2, 0.25) is 10.0 Å². The lowest BCUT2D eigenvalue weighted by atomic mass is 10.0. The van der Waals surface area contributed by atoms with E-state index in [-0.39, 0.29) is 10.8 Å². The van der Waals surface area contributed by atoms with Crippen molar-refractivity contribution in [2.75, 3.05) is 13.1 Å². The number of carbonyl (C=O) groups excluding carboxylic acids is 1. The zero-order valence-electron chi connectivity index (χ0n) is 19.3. The second-order valence-electron chi connectivity index (χ2n) is 8.76. The van der Waals surface area contributed by atoms with Crippen molar-refractivity contribution in [3.63, 3.8) is 0 Å². The molecule has 2 heterocycles. The lowest BCUT2D eigenvalue weighted by molar-refractivity contribution is 0.0950. The van der Waals surface area contributed by atoms with E-state index in [1.54, 1.807) is 18.3 Å². The van der Waals surface area contributed by atoms with Crippen LogP contribution in [0.4, 0.5) is 0 Å². The van der Waals surface area contributed by atoms with Crippen molar-refractivity contribution in [3.05, 3.63) is 77.4 Å². The van der Waals surface area contributed by atoms with Gasteiger partial charge in [-0.05, 0) is 68.0 Å². The molecule has 1 N–H and O–H groups in total. The Morgan fingerprint density at radius 2 is 1.79 bits per heavy atom. The number of imidazole rings is 1. The molecule has 1 saturated heterocycles. The number of hydrogen-bond donors (Lipinski definition) is 1. The molecule has 7 nitrogen and oxygen atoms in total. The van der Waals surface area contributed by atoms with Crippen LogP contribution in [0.2, 0.25) is 0 Å². The minimum atomic E-state index is -3.61. The van der Waals surface area contributed by atoms with Crippen molar-refractivity contribution in [1.29, 1.82) is 0 Å². The fourth-order valence-corrected chi connectivity index (χ4v) is 5.58. The van der Waals surface area contributed by atoms with Crippen LogP contribution in [0.15, 0.2) is 59.8 Å². The van der Waals surface area contributed by atoms with Gasteiger partial charge in [0.15, 0.2) is 0 Å². The van der Waals surface area contributed by atoms with Gasteiger partial charge in [-0.15, -0.1) is 0 Å². The van der Waals surface area contributed by atoms with Gasteiger partial charge in [-0.1, -0.05) is 25.1 Å². The SMILES string of the molecule is Cc1ccc(S(=O)(=O)N2CCC(C)CC2)cc1C(=O)NCc1ccc(-n2ccnc2C)cc1. The molecule has 0 aliphatic carbocycles. The number of piperidine rings is 1.